The molecular formula is C18H34N4O2. The standard InChI is InChI=1S/C18H34N4O2/c1-7-19-15(22-12-17(3,4)18(22,5)6)20-11-14(13-9-10-13)21-16(23)24-8-2/h13-14H,7-12H2,1-6H3,(H,19,20)(H,21,23). The molecule has 2 N–H and O–H groups in total. The Hall–Kier alpha value is -1.46. The van der Waals surface area contributed by atoms with Gasteiger partial charge in [0.15, 0.2) is 5.96 Å². The van der Waals surface area contributed by atoms with Crippen LogP contribution in [-0.4, -0.2) is 54.8 Å². The van der Waals surface area contributed by atoms with Gasteiger partial charge in [-0.05, 0) is 46.5 Å². The molecule has 24 heavy (non-hydrogen) atoms. The van der Waals surface area contributed by atoms with Gasteiger partial charge in [-0.15, -0.1) is 0 Å². The number of alkyl carbamates (subject to hydrolysis) is 1. The molecule has 6 heteroatoms. The highest BCUT2D eigenvalue weighted by molar-refractivity contribution is 5.82. The number of carbonyl (C=O) groups is 1. The molecule has 1 unspecified atom stereocenters. The number of aliphatic imine (C=N–C) groups is 1. The third kappa shape index (κ3) is 3.95. The number of ether oxygens (including phenoxy) is 1. The van der Waals surface area contributed by atoms with Gasteiger partial charge in [0.2, 0.25) is 0 Å². The number of likely N-dealkylation sites (tertiary alicyclic amines) is 1. The van der Waals surface area contributed by atoms with Crippen molar-refractivity contribution < 1.29 is 9.53 Å². The number of nitrogens with zero attached hydrogens (tertiary/aromatic N) is 2. The fourth-order valence-electron chi connectivity index (χ4n) is 3.12. The third-order valence-electron chi connectivity index (χ3n) is 5.68. The number of guanidine groups is 1. The van der Waals surface area contributed by atoms with Gasteiger partial charge in [-0.3, -0.25) is 4.99 Å². The Kier molecular flexibility index (Phi) is 5.66. The van der Waals surface area contributed by atoms with Crippen molar-refractivity contribution in [1.29, 1.82) is 0 Å². The molecule has 2 rings (SSSR count). The zero-order valence-corrected chi connectivity index (χ0v) is 16.1. The van der Waals surface area contributed by atoms with E-state index in [2.05, 4.69) is 50.2 Å². The molecule has 138 valence electrons. The lowest BCUT2D eigenvalue weighted by atomic mass is 9.65. The van der Waals surface area contributed by atoms with Gasteiger partial charge in [0.25, 0.3) is 0 Å². The Morgan fingerprint density at radius 2 is 1.96 bits per heavy atom. The van der Waals surface area contributed by atoms with Crippen LogP contribution < -0.4 is 10.6 Å². The van der Waals surface area contributed by atoms with E-state index in [4.69, 9.17) is 9.73 Å². The monoisotopic (exact) mass is 338 g/mol. The third-order valence-corrected chi connectivity index (χ3v) is 5.68. The van der Waals surface area contributed by atoms with Gasteiger partial charge in [0.05, 0.1) is 19.2 Å². The number of rotatable bonds is 6. The van der Waals surface area contributed by atoms with Gasteiger partial charge >= 0.3 is 6.09 Å². The zero-order valence-electron chi connectivity index (χ0n) is 16.1. The molecule has 1 heterocycles. The van der Waals surface area contributed by atoms with E-state index in [1.165, 1.54) is 0 Å². The maximum absolute atomic E-state index is 11.7. The highest BCUT2D eigenvalue weighted by atomic mass is 16.5. The summed E-state index contributed by atoms with van der Waals surface area (Å²) in [7, 11) is 0. The first-order valence-electron chi connectivity index (χ1n) is 9.22. The maximum Gasteiger partial charge on any atom is 0.407 e. The minimum atomic E-state index is -0.333. The van der Waals surface area contributed by atoms with Gasteiger partial charge in [-0.25, -0.2) is 4.79 Å². The molecule has 2 fully saturated rings. The predicted molar refractivity (Wildman–Crippen MR) is 97.2 cm³/mol. The number of hydrogen-bond donors (Lipinski definition) is 2. The van der Waals surface area contributed by atoms with E-state index in [1.54, 1.807) is 0 Å². The van der Waals surface area contributed by atoms with Gasteiger partial charge < -0.3 is 20.3 Å². The average molecular weight is 338 g/mol. The number of hydrogen-bond acceptors (Lipinski definition) is 3. The van der Waals surface area contributed by atoms with Crippen LogP contribution in [0.4, 0.5) is 4.79 Å². The SMILES string of the molecule is CCNC(=NCC(NC(=O)OCC)C1CC1)N1CC(C)(C)C1(C)C. The van der Waals surface area contributed by atoms with Crippen LogP contribution >= 0.6 is 0 Å². The first-order chi connectivity index (χ1) is 11.2. The molecule has 0 spiro atoms. The molecular weight excluding hydrogens is 304 g/mol. The van der Waals surface area contributed by atoms with Gasteiger partial charge in [-0.2, -0.15) is 0 Å². The van der Waals surface area contributed by atoms with Gasteiger partial charge in [0, 0.05) is 24.0 Å². The van der Waals surface area contributed by atoms with Crippen molar-refractivity contribution in [3.63, 3.8) is 0 Å². The fourth-order valence-corrected chi connectivity index (χ4v) is 3.12. The summed E-state index contributed by atoms with van der Waals surface area (Å²) in [4.78, 5) is 18.9. The summed E-state index contributed by atoms with van der Waals surface area (Å²) in [5, 5.41) is 6.38. The summed E-state index contributed by atoms with van der Waals surface area (Å²) in [6.45, 7) is 15.8. The van der Waals surface area contributed by atoms with E-state index >= 15 is 0 Å². The van der Waals surface area contributed by atoms with Crippen LogP contribution in [0.5, 0.6) is 0 Å². The molecule has 0 bridgehead atoms. The lowest BCUT2D eigenvalue weighted by Crippen LogP contribution is -2.72. The first-order valence-corrected chi connectivity index (χ1v) is 9.22. The molecule has 1 saturated carbocycles. The summed E-state index contributed by atoms with van der Waals surface area (Å²) in [5.74, 6) is 1.47. The van der Waals surface area contributed by atoms with Crippen LogP contribution in [0.2, 0.25) is 0 Å². The minimum Gasteiger partial charge on any atom is -0.450 e. The van der Waals surface area contributed by atoms with E-state index in [9.17, 15) is 4.79 Å². The number of amides is 1. The lowest BCUT2D eigenvalue weighted by molar-refractivity contribution is -0.0667. The molecule has 1 aliphatic heterocycles. The summed E-state index contributed by atoms with van der Waals surface area (Å²) in [6.07, 6.45) is 1.98. The van der Waals surface area contributed by atoms with Crippen molar-refractivity contribution in [2.24, 2.45) is 16.3 Å². The molecule has 1 saturated heterocycles. The highest BCUT2D eigenvalue weighted by Crippen LogP contribution is 2.46. The second-order valence-corrected chi connectivity index (χ2v) is 8.03. The van der Waals surface area contributed by atoms with Crippen molar-refractivity contribution in [2.45, 2.75) is 66.0 Å². The Labute approximate surface area is 146 Å². The van der Waals surface area contributed by atoms with Crippen molar-refractivity contribution >= 4 is 12.1 Å². The maximum atomic E-state index is 11.7. The number of carbonyl (C=O) groups excluding carboxylic acids is 1. The molecule has 1 amide bonds. The fraction of sp³-hybridized carbons (Fsp3) is 0.889. The normalized spacial score (nSPS) is 23.2. The van der Waals surface area contributed by atoms with Crippen LogP contribution in [0, 0.1) is 11.3 Å². The number of nitrogens with one attached hydrogen (secondary N) is 2. The Balaban J connectivity index is 2.03. The van der Waals surface area contributed by atoms with Crippen molar-refractivity contribution in [2.75, 3.05) is 26.2 Å². The molecule has 1 atom stereocenters. The van der Waals surface area contributed by atoms with Crippen LogP contribution in [0.3, 0.4) is 0 Å². The second-order valence-electron chi connectivity index (χ2n) is 8.03. The largest absolute Gasteiger partial charge is 0.450 e. The van der Waals surface area contributed by atoms with E-state index < -0.39 is 0 Å². The second kappa shape index (κ2) is 7.19. The molecule has 6 nitrogen and oxygen atoms in total. The topological polar surface area (TPSA) is 66.0 Å². The molecule has 1 aliphatic carbocycles. The summed E-state index contributed by atoms with van der Waals surface area (Å²) in [6, 6.07) is 0.0649. The minimum absolute atomic E-state index is 0.0649. The lowest BCUT2D eigenvalue weighted by Gasteiger charge is -2.62. The quantitative estimate of drug-likeness (QED) is 0.577. The molecule has 2 aliphatic rings. The summed E-state index contributed by atoms with van der Waals surface area (Å²) >= 11 is 0. The van der Waals surface area contributed by atoms with Gasteiger partial charge in [-0.1, -0.05) is 13.8 Å². The van der Waals surface area contributed by atoms with Crippen LogP contribution in [0.1, 0.15) is 54.4 Å². The molecule has 0 aromatic rings. The van der Waals surface area contributed by atoms with E-state index in [0.29, 0.717) is 19.1 Å². The Bertz CT molecular complexity index is 483. The molecule has 0 aromatic heterocycles. The van der Waals surface area contributed by atoms with Crippen molar-refractivity contribution in [3.05, 3.63) is 0 Å². The van der Waals surface area contributed by atoms with Crippen LogP contribution in [0.15, 0.2) is 4.99 Å². The van der Waals surface area contributed by atoms with Crippen LogP contribution in [-0.2, 0) is 4.74 Å². The molecule has 0 aromatic carbocycles. The van der Waals surface area contributed by atoms with Crippen molar-refractivity contribution in [3.8, 4) is 0 Å². The first kappa shape index (κ1) is 18.9. The van der Waals surface area contributed by atoms with E-state index in [0.717, 1.165) is 31.9 Å². The molecule has 0 radical (unpaired) electrons. The van der Waals surface area contributed by atoms with Gasteiger partial charge in [0.1, 0.15) is 0 Å². The Morgan fingerprint density at radius 3 is 2.42 bits per heavy atom. The smallest absolute Gasteiger partial charge is 0.407 e. The highest BCUT2D eigenvalue weighted by Gasteiger charge is 2.53. The Morgan fingerprint density at radius 1 is 1.29 bits per heavy atom. The zero-order chi connectivity index (χ0) is 18.0. The summed E-state index contributed by atoms with van der Waals surface area (Å²) in [5.41, 5.74) is 0.333. The van der Waals surface area contributed by atoms with E-state index in [-0.39, 0.29) is 23.1 Å². The van der Waals surface area contributed by atoms with Crippen LogP contribution in [0.25, 0.3) is 0 Å². The summed E-state index contributed by atoms with van der Waals surface area (Å²) < 4.78 is 5.02. The average Bonchev–Trinajstić information content (AvgIpc) is 3.33. The predicted octanol–water partition coefficient (Wildman–Crippen LogP) is 2.60. The van der Waals surface area contributed by atoms with Crippen molar-refractivity contribution in [1.82, 2.24) is 15.5 Å². The van der Waals surface area contributed by atoms with E-state index in [1.807, 2.05) is 6.92 Å².